The number of aryl methyl sites for hydroxylation is 1. The molecule has 0 aromatic carbocycles. The zero-order chi connectivity index (χ0) is 14.8. The summed E-state index contributed by atoms with van der Waals surface area (Å²) in [5.41, 5.74) is 1.04. The van der Waals surface area contributed by atoms with E-state index in [1.807, 2.05) is 18.3 Å². The van der Waals surface area contributed by atoms with Crippen LogP contribution in [0.3, 0.4) is 0 Å². The van der Waals surface area contributed by atoms with Crippen LogP contribution in [0.25, 0.3) is 0 Å². The van der Waals surface area contributed by atoms with Crippen molar-refractivity contribution in [3.63, 3.8) is 0 Å². The van der Waals surface area contributed by atoms with Gasteiger partial charge in [-0.2, -0.15) is 0 Å². The van der Waals surface area contributed by atoms with Crippen LogP contribution in [0.4, 0.5) is 0 Å². The predicted octanol–water partition coefficient (Wildman–Crippen LogP) is 4.42. The first-order chi connectivity index (χ1) is 10.2. The number of fused-ring (bicyclic) bond motifs is 1. The molecule has 3 rings (SSSR count). The Balaban J connectivity index is 1.79. The summed E-state index contributed by atoms with van der Waals surface area (Å²) in [6.07, 6.45) is 8.23. The minimum atomic E-state index is -0.110. The van der Waals surface area contributed by atoms with Crippen molar-refractivity contribution < 1.29 is 9.53 Å². The number of carbonyl (C=O) groups is 1. The molecule has 1 fully saturated rings. The van der Waals surface area contributed by atoms with E-state index in [1.165, 1.54) is 35.6 Å². The lowest BCUT2D eigenvalue weighted by Crippen LogP contribution is -2.20. The molecule has 1 heterocycles. The van der Waals surface area contributed by atoms with Crippen molar-refractivity contribution in [2.24, 2.45) is 5.92 Å². The predicted molar refractivity (Wildman–Crippen MR) is 84.8 cm³/mol. The number of nitrogens with zero attached hydrogens (tertiary/aromatic N) is 1. The van der Waals surface area contributed by atoms with Crippen LogP contribution in [0.5, 0.6) is 0 Å². The molecular formula is C17H25NO2S. The summed E-state index contributed by atoms with van der Waals surface area (Å²) >= 11 is 1.86. The number of ether oxygens (including phenoxy) is 1. The molecule has 1 unspecified atom stereocenters. The van der Waals surface area contributed by atoms with E-state index in [4.69, 9.17) is 9.72 Å². The van der Waals surface area contributed by atoms with Crippen molar-refractivity contribution >= 4 is 17.3 Å². The highest BCUT2D eigenvalue weighted by molar-refractivity contribution is 7.11. The van der Waals surface area contributed by atoms with E-state index in [2.05, 4.69) is 6.92 Å². The Morgan fingerprint density at radius 1 is 1.29 bits per heavy atom. The van der Waals surface area contributed by atoms with Gasteiger partial charge in [-0.25, -0.2) is 4.98 Å². The summed E-state index contributed by atoms with van der Waals surface area (Å²) in [5, 5.41) is 1.28. The van der Waals surface area contributed by atoms with Crippen LogP contribution in [0.2, 0.25) is 0 Å². The number of hydrogen-bond acceptors (Lipinski definition) is 4. The van der Waals surface area contributed by atoms with Crippen LogP contribution >= 0.6 is 11.3 Å². The number of esters is 1. The largest absolute Gasteiger partial charge is 0.465 e. The zero-order valence-corrected chi connectivity index (χ0v) is 13.9. The summed E-state index contributed by atoms with van der Waals surface area (Å²) in [6.45, 7) is 4.68. The fourth-order valence-electron chi connectivity index (χ4n) is 3.59. The monoisotopic (exact) mass is 307 g/mol. The maximum atomic E-state index is 12.1. The number of carbonyl (C=O) groups excluding carboxylic acids is 1. The second kappa shape index (κ2) is 6.47. The van der Waals surface area contributed by atoms with Crippen molar-refractivity contribution in [3.05, 3.63) is 15.6 Å². The van der Waals surface area contributed by atoms with E-state index in [0.29, 0.717) is 12.5 Å². The zero-order valence-electron chi connectivity index (χ0n) is 13.1. The van der Waals surface area contributed by atoms with Gasteiger partial charge in [0.15, 0.2) is 0 Å². The number of rotatable bonds is 3. The van der Waals surface area contributed by atoms with E-state index in [0.717, 1.165) is 30.9 Å². The fraction of sp³-hybridized carbons (Fsp3) is 0.765. The second-order valence-corrected chi connectivity index (χ2v) is 7.63. The van der Waals surface area contributed by atoms with E-state index < -0.39 is 0 Å². The first kappa shape index (κ1) is 15.0. The van der Waals surface area contributed by atoms with Crippen molar-refractivity contribution in [1.82, 2.24) is 4.98 Å². The minimum Gasteiger partial charge on any atom is -0.465 e. The molecule has 2 aliphatic carbocycles. The van der Waals surface area contributed by atoms with Gasteiger partial charge < -0.3 is 4.74 Å². The molecule has 0 radical (unpaired) electrons. The molecule has 0 bridgehead atoms. The molecule has 0 aliphatic heterocycles. The van der Waals surface area contributed by atoms with Crippen molar-refractivity contribution in [2.45, 2.75) is 70.6 Å². The number of thiazole rings is 1. The normalized spacial score (nSPS) is 29.0. The van der Waals surface area contributed by atoms with E-state index >= 15 is 0 Å². The molecule has 2 aliphatic rings. The molecule has 3 nitrogen and oxygen atoms in total. The maximum absolute atomic E-state index is 12.1. The van der Waals surface area contributed by atoms with Gasteiger partial charge in [0.1, 0.15) is 5.92 Å². The molecule has 1 atom stereocenters. The summed E-state index contributed by atoms with van der Waals surface area (Å²) in [5.74, 6) is 1.30. The molecule has 4 heteroatoms. The fourth-order valence-corrected chi connectivity index (χ4v) is 4.93. The Morgan fingerprint density at radius 3 is 2.76 bits per heavy atom. The second-order valence-electron chi connectivity index (χ2n) is 6.51. The van der Waals surface area contributed by atoms with Gasteiger partial charge in [0.2, 0.25) is 0 Å². The van der Waals surface area contributed by atoms with Crippen LogP contribution < -0.4 is 0 Å². The number of hydrogen-bond donors (Lipinski definition) is 0. The molecule has 116 valence electrons. The van der Waals surface area contributed by atoms with Crippen LogP contribution in [0.15, 0.2) is 0 Å². The van der Waals surface area contributed by atoms with Gasteiger partial charge in [-0.05, 0) is 44.9 Å². The lowest BCUT2D eigenvalue weighted by atomic mass is 9.83. The highest BCUT2D eigenvalue weighted by Crippen LogP contribution is 2.42. The van der Waals surface area contributed by atoms with Crippen molar-refractivity contribution in [2.75, 3.05) is 6.61 Å². The topological polar surface area (TPSA) is 39.2 Å². The highest BCUT2D eigenvalue weighted by atomic mass is 32.1. The van der Waals surface area contributed by atoms with Gasteiger partial charge >= 0.3 is 5.97 Å². The Labute approximate surface area is 131 Å². The van der Waals surface area contributed by atoms with E-state index in [1.54, 1.807) is 0 Å². The average molecular weight is 307 g/mol. The quantitative estimate of drug-likeness (QED) is 0.776. The van der Waals surface area contributed by atoms with Gasteiger partial charge in [-0.15, -0.1) is 11.3 Å². The molecule has 0 amide bonds. The van der Waals surface area contributed by atoms with Crippen molar-refractivity contribution in [3.8, 4) is 0 Å². The summed E-state index contributed by atoms with van der Waals surface area (Å²) in [7, 11) is 0. The van der Waals surface area contributed by atoms with Crippen molar-refractivity contribution in [1.29, 1.82) is 0 Å². The summed E-state index contributed by atoms with van der Waals surface area (Å²) in [4.78, 5) is 18.4. The molecule has 1 saturated carbocycles. The summed E-state index contributed by atoms with van der Waals surface area (Å²) < 4.78 is 5.23. The molecule has 0 spiro atoms. The minimum absolute atomic E-state index is 0.0763. The van der Waals surface area contributed by atoms with E-state index in [-0.39, 0.29) is 11.9 Å². The SMILES string of the molecule is CCOC(=O)C1CCCc2sc(C3CCC(C)CC3)nc21. The first-order valence-electron chi connectivity index (χ1n) is 8.35. The Kier molecular flexibility index (Phi) is 4.63. The lowest BCUT2D eigenvalue weighted by molar-refractivity contribution is -0.145. The van der Waals surface area contributed by atoms with Gasteiger partial charge in [-0.1, -0.05) is 19.8 Å². The Morgan fingerprint density at radius 2 is 2.05 bits per heavy atom. The van der Waals surface area contributed by atoms with Gasteiger partial charge in [0.25, 0.3) is 0 Å². The Hall–Kier alpha value is -0.900. The van der Waals surface area contributed by atoms with Crippen LogP contribution in [-0.4, -0.2) is 17.6 Å². The third-order valence-corrected chi connectivity index (χ3v) is 6.20. The smallest absolute Gasteiger partial charge is 0.315 e. The average Bonchev–Trinajstić information content (AvgIpc) is 2.92. The first-order valence-corrected chi connectivity index (χ1v) is 9.16. The molecule has 1 aromatic heterocycles. The third kappa shape index (κ3) is 3.15. The summed E-state index contributed by atoms with van der Waals surface area (Å²) in [6, 6.07) is 0. The van der Waals surface area contributed by atoms with Gasteiger partial charge in [-0.3, -0.25) is 4.79 Å². The third-order valence-electron chi connectivity index (χ3n) is 4.91. The standard InChI is InChI=1S/C17H25NO2S/c1-3-20-17(19)13-5-4-6-14-15(13)18-16(21-14)12-9-7-11(2)8-10-12/h11-13H,3-10H2,1-2H3. The molecular weight excluding hydrogens is 282 g/mol. The van der Waals surface area contributed by atoms with Gasteiger partial charge in [0, 0.05) is 10.8 Å². The number of aromatic nitrogens is 1. The Bertz CT molecular complexity index is 503. The maximum Gasteiger partial charge on any atom is 0.315 e. The van der Waals surface area contributed by atoms with E-state index in [9.17, 15) is 4.79 Å². The molecule has 0 saturated heterocycles. The molecule has 1 aromatic rings. The lowest BCUT2D eigenvalue weighted by Gasteiger charge is -2.24. The highest BCUT2D eigenvalue weighted by Gasteiger charge is 2.33. The van der Waals surface area contributed by atoms with Crippen LogP contribution in [0, 0.1) is 5.92 Å². The molecule has 21 heavy (non-hydrogen) atoms. The van der Waals surface area contributed by atoms with Gasteiger partial charge in [0.05, 0.1) is 17.3 Å². The molecule has 0 N–H and O–H groups in total. The van der Waals surface area contributed by atoms with Crippen LogP contribution in [-0.2, 0) is 16.0 Å². The van der Waals surface area contributed by atoms with Crippen LogP contribution in [0.1, 0.15) is 79.8 Å².